The van der Waals surface area contributed by atoms with Crippen molar-refractivity contribution in [3.05, 3.63) is 33.8 Å². The van der Waals surface area contributed by atoms with Gasteiger partial charge < -0.3 is 4.84 Å². The Kier molecular flexibility index (Phi) is 3.82. The first-order valence-electron chi connectivity index (χ1n) is 5.61. The van der Waals surface area contributed by atoms with Gasteiger partial charge in [0, 0.05) is 16.5 Å². The summed E-state index contributed by atoms with van der Waals surface area (Å²) < 4.78 is 24.5. The van der Waals surface area contributed by atoms with E-state index in [2.05, 4.69) is 5.16 Å². The molecular weight excluding hydrogens is 309 g/mol. The zero-order chi connectivity index (χ0) is 14.3. The second kappa shape index (κ2) is 4.96. The molecule has 0 fully saturated rings. The Bertz CT molecular complexity index is 638. The number of hydrogen-bond donors (Lipinski definition) is 0. The third-order valence-electron chi connectivity index (χ3n) is 2.68. The smallest absolute Gasteiger partial charge is 0.199 e. The summed E-state index contributed by atoms with van der Waals surface area (Å²) in [5.74, 6) is -0.231. The van der Waals surface area contributed by atoms with Gasteiger partial charge in [-0.05, 0) is 37.6 Å². The summed E-state index contributed by atoms with van der Waals surface area (Å²) in [6.07, 6.45) is 0.257. The number of sulfone groups is 1. The predicted octanol–water partition coefficient (Wildman–Crippen LogP) is 3.42. The molecular formula is C12H13Cl2NO3S. The van der Waals surface area contributed by atoms with Crippen LogP contribution in [-0.2, 0) is 20.4 Å². The summed E-state index contributed by atoms with van der Waals surface area (Å²) in [4.78, 5) is 5.08. The maximum absolute atomic E-state index is 12.2. The van der Waals surface area contributed by atoms with Crippen LogP contribution in [0.4, 0.5) is 0 Å². The summed E-state index contributed by atoms with van der Waals surface area (Å²) in [7, 11) is -3.54. The number of oxime groups is 1. The Morgan fingerprint density at radius 3 is 2.63 bits per heavy atom. The van der Waals surface area contributed by atoms with Gasteiger partial charge in [-0.1, -0.05) is 28.4 Å². The molecule has 7 heteroatoms. The molecule has 4 nitrogen and oxygen atoms in total. The van der Waals surface area contributed by atoms with Crippen LogP contribution in [0.3, 0.4) is 0 Å². The minimum absolute atomic E-state index is 0.0496. The summed E-state index contributed by atoms with van der Waals surface area (Å²) in [6.45, 7) is 3.57. The quantitative estimate of drug-likeness (QED) is 0.838. The lowest BCUT2D eigenvalue weighted by Gasteiger charge is -2.13. The Balaban J connectivity index is 2.25. The van der Waals surface area contributed by atoms with Crippen molar-refractivity contribution in [2.75, 3.05) is 0 Å². The highest BCUT2D eigenvalue weighted by molar-refractivity contribution is 8.05. The summed E-state index contributed by atoms with van der Waals surface area (Å²) in [5.41, 5.74) is -0.123. The molecule has 0 unspecified atom stereocenters. The van der Waals surface area contributed by atoms with Crippen molar-refractivity contribution in [3.63, 3.8) is 0 Å². The third kappa shape index (κ3) is 3.41. The highest BCUT2D eigenvalue weighted by Crippen LogP contribution is 2.28. The maximum atomic E-state index is 12.2. The van der Waals surface area contributed by atoms with Crippen molar-refractivity contribution in [1.82, 2.24) is 0 Å². The molecule has 1 heterocycles. The Hall–Kier alpha value is -0.780. The molecule has 19 heavy (non-hydrogen) atoms. The van der Waals surface area contributed by atoms with E-state index in [0.717, 1.165) is 0 Å². The van der Waals surface area contributed by atoms with Crippen molar-refractivity contribution in [2.45, 2.75) is 31.6 Å². The minimum atomic E-state index is -3.54. The lowest BCUT2D eigenvalue weighted by atomic mass is 10.1. The monoisotopic (exact) mass is 321 g/mol. The lowest BCUT2D eigenvalue weighted by Crippen LogP contribution is -2.23. The van der Waals surface area contributed by atoms with Gasteiger partial charge in [-0.15, -0.1) is 0 Å². The Labute approximate surface area is 122 Å². The first-order chi connectivity index (χ1) is 8.70. The second-order valence-corrected chi connectivity index (χ2v) is 7.84. The first-order valence-corrected chi connectivity index (χ1v) is 8.02. The Morgan fingerprint density at radius 1 is 1.37 bits per heavy atom. The first kappa shape index (κ1) is 14.6. The number of nitrogens with zero attached hydrogens (tertiary/aromatic N) is 1. The molecule has 0 amide bonds. The average molecular weight is 322 g/mol. The van der Waals surface area contributed by atoms with Crippen molar-refractivity contribution in [3.8, 4) is 0 Å². The third-order valence-corrected chi connectivity index (χ3v) is 4.92. The van der Waals surface area contributed by atoms with E-state index < -0.39 is 15.4 Å². The van der Waals surface area contributed by atoms with E-state index in [1.54, 1.807) is 32.0 Å². The van der Waals surface area contributed by atoms with E-state index in [-0.39, 0.29) is 17.2 Å². The van der Waals surface area contributed by atoms with Crippen LogP contribution in [0.1, 0.15) is 25.8 Å². The zero-order valence-corrected chi connectivity index (χ0v) is 12.8. The summed E-state index contributed by atoms with van der Waals surface area (Å²) in [5, 5.41) is 4.52. The van der Waals surface area contributed by atoms with Crippen molar-refractivity contribution in [2.24, 2.45) is 5.16 Å². The van der Waals surface area contributed by atoms with Gasteiger partial charge in [0.05, 0.1) is 5.75 Å². The molecule has 0 atom stereocenters. The van der Waals surface area contributed by atoms with Crippen LogP contribution in [0.2, 0.25) is 10.0 Å². The number of halogens is 2. The number of hydrogen-bond acceptors (Lipinski definition) is 4. The fourth-order valence-electron chi connectivity index (χ4n) is 1.71. The standard InChI is InChI=1S/C12H13Cl2NO3S/c1-12(2)6-11(15-18-12)19(16,17)7-8-5-9(13)3-4-10(8)14/h3-5H,6-7H2,1-2H3. The van der Waals surface area contributed by atoms with E-state index in [1.807, 2.05) is 0 Å². The fraction of sp³-hybridized carbons (Fsp3) is 0.417. The van der Waals surface area contributed by atoms with Gasteiger partial charge in [-0.25, -0.2) is 8.42 Å². The second-order valence-electron chi connectivity index (χ2n) is 5.01. The van der Waals surface area contributed by atoms with E-state index in [1.165, 1.54) is 0 Å². The van der Waals surface area contributed by atoms with Gasteiger partial charge in [-0.3, -0.25) is 0 Å². The molecule has 0 saturated heterocycles. The van der Waals surface area contributed by atoms with E-state index in [9.17, 15) is 8.42 Å². The molecule has 0 N–H and O–H groups in total. The van der Waals surface area contributed by atoms with Crippen LogP contribution in [0.25, 0.3) is 0 Å². The van der Waals surface area contributed by atoms with Crippen molar-refractivity contribution >= 4 is 38.1 Å². The Morgan fingerprint density at radius 2 is 2.05 bits per heavy atom. The van der Waals surface area contributed by atoms with E-state index in [0.29, 0.717) is 15.6 Å². The van der Waals surface area contributed by atoms with Gasteiger partial charge in [-0.2, -0.15) is 0 Å². The highest BCUT2D eigenvalue weighted by atomic mass is 35.5. The molecule has 104 valence electrons. The summed E-state index contributed by atoms with van der Waals surface area (Å²) >= 11 is 11.8. The van der Waals surface area contributed by atoms with Crippen molar-refractivity contribution < 1.29 is 13.3 Å². The van der Waals surface area contributed by atoms with E-state index >= 15 is 0 Å². The van der Waals surface area contributed by atoms with Crippen molar-refractivity contribution in [1.29, 1.82) is 0 Å². The normalized spacial score (nSPS) is 18.0. The molecule has 1 aromatic rings. The summed E-state index contributed by atoms with van der Waals surface area (Å²) in [6, 6.07) is 4.73. The molecule has 1 aliphatic heterocycles. The van der Waals surface area contributed by atoms with Crippen LogP contribution < -0.4 is 0 Å². The molecule has 0 spiro atoms. The molecule has 0 radical (unpaired) electrons. The van der Waals surface area contributed by atoms with Crippen LogP contribution in [0.5, 0.6) is 0 Å². The van der Waals surface area contributed by atoms with Gasteiger partial charge in [0.2, 0.25) is 0 Å². The molecule has 0 bridgehead atoms. The molecule has 2 rings (SSSR count). The zero-order valence-electron chi connectivity index (χ0n) is 10.5. The minimum Gasteiger partial charge on any atom is -0.389 e. The largest absolute Gasteiger partial charge is 0.389 e. The topological polar surface area (TPSA) is 55.7 Å². The molecule has 0 aromatic heterocycles. The van der Waals surface area contributed by atoms with Crippen LogP contribution in [-0.4, -0.2) is 19.1 Å². The number of rotatable bonds is 2. The van der Waals surface area contributed by atoms with E-state index in [4.69, 9.17) is 28.0 Å². The van der Waals surface area contributed by atoms with Crippen LogP contribution >= 0.6 is 23.2 Å². The van der Waals surface area contributed by atoms with Crippen LogP contribution in [0, 0.1) is 0 Å². The van der Waals surface area contributed by atoms with Gasteiger partial charge >= 0.3 is 0 Å². The fourth-order valence-corrected chi connectivity index (χ4v) is 3.70. The molecule has 0 saturated carbocycles. The SMILES string of the molecule is CC1(C)CC(S(=O)(=O)Cc2cc(Cl)ccc2Cl)=NO1. The lowest BCUT2D eigenvalue weighted by molar-refractivity contribution is 0.0123. The van der Waals surface area contributed by atoms with Gasteiger partial charge in [0.1, 0.15) is 5.60 Å². The van der Waals surface area contributed by atoms with Gasteiger partial charge in [0.15, 0.2) is 14.9 Å². The molecule has 1 aromatic carbocycles. The van der Waals surface area contributed by atoms with Crippen LogP contribution in [0.15, 0.2) is 23.4 Å². The highest BCUT2D eigenvalue weighted by Gasteiger charge is 2.36. The predicted molar refractivity (Wildman–Crippen MR) is 76.3 cm³/mol. The molecule has 1 aliphatic rings. The average Bonchev–Trinajstić information content (AvgIpc) is 2.65. The number of benzene rings is 1. The molecule has 0 aliphatic carbocycles. The van der Waals surface area contributed by atoms with Gasteiger partial charge in [0.25, 0.3) is 0 Å². The maximum Gasteiger partial charge on any atom is 0.199 e.